The maximum atomic E-state index is 14.0. The van der Waals surface area contributed by atoms with E-state index in [2.05, 4.69) is 9.73 Å². The summed E-state index contributed by atoms with van der Waals surface area (Å²) in [4.78, 5) is 44.0. The van der Waals surface area contributed by atoms with Gasteiger partial charge in [-0.05, 0) is 69.2 Å². The van der Waals surface area contributed by atoms with E-state index in [1.807, 2.05) is 19.9 Å². The van der Waals surface area contributed by atoms with Gasteiger partial charge in [0.1, 0.15) is 0 Å². The number of carbonyl (C=O) groups is 2. The molecule has 0 fully saturated rings. The van der Waals surface area contributed by atoms with Crippen LogP contribution in [0.15, 0.2) is 57.5 Å². The molecule has 11 nitrogen and oxygen atoms in total. The standard InChI is InChI=1S/C31H34N2O9S/c1-7-39-21-12-10-19(14-23(21)37-5)15-25-29(35)33-28(27(30(36)41-9-3)18(4)32-31(33)43-25)20-11-13-22(24(16-20)40-8-2)42-17-26(34)38-6/h10-16,28H,7-9,17H2,1-6H3/b25-15-/t28-/m1/s1. The van der Waals surface area contributed by atoms with Gasteiger partial charge in [-0.25, -0.2) is 14.6 Å². The molecule has 0 unspecified atom stereocenters. The lowest BCUT2D eigenvalue weighted by Gasteiger charge is -2.25. The second-order valence-electron chi connectivity index (χ2n) is 9.15. The van der Waals surface area contributed by atoms with Gasteiger partial charge in [-0.1, -0.05) is 23.5 Å². The zero-order valence-corrected chi connectivity index (χ0v) is 25.7. The summed E-state index contributed by atoms with van der Waals surface area (Å²) >= 11 is 1.21. The summed E-state index contributed by atoms with van der Waals surface area (Å²) in [6.45, 7) is 7.76. The van der Waals surface area contributed by atoms with E-state index in [9.17, 15) is 14.4 Å². The van der Waals surface area contributed by atoms with Crippen LogP contribution in [0.5, 0.6) is 23.0 Å². The monoisotopic (exact) mass is 610 g/mol. The number of aromatic nitrogens is 1. The Hall–Kier alpha value is -4.58. The van der Waals surface area contributed by atoms with Crippen molar-refractivity contribution >= 4 is 29.4 Å². The summed E-state index contributed by atoms with van der Waals surface area (Å²) in [6, 6.07) is 9.58. The molecule has 43 heavy (non-hydrogen) atoms. The third-order valence-electron chi connectivity index (χ3n) is 6.46. The van der Waals surface area contributed by atoms with Gasteiger partial charge in [0.15, 0.2) is 34.4 Å². The van der Waals surface area contributed by atoms with Gasteiger partial charge >= 0.3 is 11.9 Å². The van der Waals surface area contributed by atoms with Crippen LogP contribution >= 0.6 is 11.3 Å². The Labute approximate surface area is 252 Å². The molecule has 1 atom stereocenters. The lowest BCUT2D eigenvalue weighted by Crippen LogP contribution is -2.40. The summed E-state index contributed by atoms with van der Waals surface area (Å²) in [5.74, 6) is 0.661. The Morgan fingerprint density at radius 3 is 2.30 bits per heavy atom. The Kier molecular flexibility index (Phi) is 10.3. The average Bonchev–Trinajstić information content (AvgIpc) is 3.30. The summed E-state index contributed by atoms with van der Waals surface area (Å²) < 4.78 is 34.5. The Morgan fingerprint density at radius 1 is 0.930 bits per heavy atom. The smallest absolute Gasteiger partial charge is 0.343 e. The van der Waals surface area contributed by atoms with Gasteiger partial charge in [0.2, 0.25) is 0 Å². The molecule has 0 radical (unpaired) electrons. The predicted molar refractivity (Wildman–Crippen MR) is 160 cm³/mol. The van der Waals surface area contributed by atoms with Crippen molar-refractivity contribution < 1.29 is 38.0 Å². The lowest BCUT2D eigenvalue weighted by atomic mass is 9.95. The first-order valence-corrected chi connectivity index (χ1v) is 14.5. The number of ether oxygens (including phenoxy) is 6. The van der Waals surface area contributed by atoms with Crippen molar-refractivity contribution in [2.75, 3.05) is 40.6 Å². The highest BCUT2D eigenvalue weighted by atomic mass is 32.1. The van der Waals surface area contributed by atoms with Gasteiger partial charge in [-0.15, -0.1) is 0 Å². The normalized spacial score (nSPS) is 14.5. The first kappa shape index (κ1) is 31.4. The van der Waals surface area contributed by atoms with Crippen molar-refractivity contribution in [1.82, 2.24) is 4.57 Å². The summed E-state index contributed by atoms with van der Waals surface area (Å²) in [6.07, 6.45) is 1.75. The van der Waals surface area contributed by atoms with Gasteiger partial charge in [-0.3, -0.25) is 9.36 Å². The van der Waals surface area contributed by atoms with E-state index >= 15 is 0 Å². The van der Waals surface area contributed by atoms with Crippen molar-refractivity contribution in [1.29, 1.82) is 0 Å². The molecule has 0 saturated heterocycles. The fraction of sp³-hybridized carbons (Fsp3) is 0.355. The minimum Gasteiger partial charge on any atom is -0.493 e. The van der Waals surface area contributed by atoms with Crippen LogP contribution in [0.1, 0.15) is 44.9 Å². The zero-order valence-electron chi connectivity index (χ0n) is 24.9. The number of esters is 2. The van der Waals surface area contributed by atoms with Gasteiger partial charge in [0.05, 0.1) is 55.9 Å². The van der Waals surface area contributed by atoms with Gasteiger partial charge < -0.3 is 28.4 Å². The maximum Gasteiger partial charge on any atom is 0.343 e. The van der Waals surface area contributed by atoms with E-state index in [0.717, 1.165) is 5.56 Å². The van der Waals surface area contributed by atoms with Crippen molar-refractivity contribution in [3.05, 3.63) is 78.5 Å². The predicted octanol–water partition coefficient (Wildman–Crippen LogP) is 3.16. The molecule has 1 aliphatic heterocycles. The fourth-order valence-corrected chi connectivity index (χ4v) is 5.63. The number of nitrogens with zero attached hydrogens (tertiary/aromatic N) is 2. The molecular formula is C31H34N2O9S. The largest absolute Gasteiger partial charge is 0.493 e. The fourth-order valence-electron chi connectivity index (χ4n) is 4.58. The molecule has 3 aromatic rings. The molecule has 1 aromatic heterocycles. The van der Waals surface area contributed by atoms with Crippen molar-refractivity contribution in [2.45, 2.75) is 33.7 Å². The summed E-state index contributed by atoms with van der Waals surface area (Å²) in [5.41, 5.74) is 1.63. The molecule has 0 amide bonds. The quantitative estimate of drug-likeness (QED) is 0.285. The molecule has 1 aliphatic rings. The minimum atomic E-state index is -0.860. The highest BCUT2D eigenvalue weighted by Gasteiger charge is 2.34. The van der Waals surface area contributed by atoms with E-state index in [1.54, 1.807) is 57.4 Å². The molecule has 0 aliphatic carbocycles. The van der Waals surface area contributed by atoms with E-state index in [-0.39, 0.29) is 24.3 Å². The zero-order chi connectivity index (χ0) is 31.1. The first-order valence-electron chi connectivity index (χ1n) is 13.7. The number of thiazole rings is 1. The van der Waals surface area contributed by atoms with Crippen LogP contribution in [0.4, 0.5) is 0 Å². The highest BCUT2D eigenvalue weighted by Crippen LogP contribution is 2.36. The summed E-state index contributed by atoms with van der Waals surface area (Å²) in [7, 11) is 2.82. The van der Waals surface area contributed by atoms with Gasteiger partial charge in [-0.2, -0.15) is 0 Å². The molecule has 2 heterocycles. The molecule has 0 saturated carbocycles. The number of fused-ring (bicyclic) bond motifs is 1. The van der Waals surface area contributed by atoms with Crippen molar-refractivity contribution in [2.24, 2.45) is 4.99 Å². The molecule has 12 heteroatoms. The Bertz CT molecular complexity index is 1720. The molecule has 0 bridgehead atoms. The molecule has 4 rings (SSSR count). The Morgan fingerprint density at radius 2 is 1.63 bits per heavy atom. The van der Waals surface area contributed by atoms with Crippen molar-refractivity contribution in [3.63, 3.8) is 0 Å². The van der Waals surface area contributed by atoms with Gasteiger partial charge in [0.25, 0.3) is 5.56 Å². The first-order chi connectivity index (χ1) is 20.8. The number of hydrogen-bond acceptors (Lipinski definition) is 11. The van der Waals surface area contributed by atoms with E-state index in [1.165, 1.54) is 23.0 Å². The molecule has 0 N–H and O–H groups in total. The SMILES string of the molecule is CCOC(=O)C1=C(C)N=c2s/c(=C\c3ccc(OCC)c(OC)c3)c(=O)n2[C@@H]1c1ccc(OCC(=O)OC)c(OCC)c1. The van der Waals surface area contributed by atoms with Gasteiger partial charge in [0, 0.05) is 0 Å². The summed E-state index contributed by atoms with van der Waals surface area (Å²) in [5, 5.41) is 0. The van der Waals surface area contributed by atoms with Crippen LogP contribution in [-0.2, 0) is 19.1 Å². The van der Waals surface area contributed by atoms with E-state index in [0.29, 0.717) is 56.8 Å². The Balaban J connectivity index is 1.88. The minimum absolute atomic E-state index is 0.150. The maximum absolute atomic E-state index is 14.0. The molecule has 2 aromatic carbocycles. The molecule has 228 valence electrons. The van der Waals surface area contributed by atoms with E-state index in [4.69, 9.17) is 23.7 Å². The number of carbonyl (C=O) groups excluding carboxylic acids is 2. The van der Waals surface area contributed by atoms with Crippen LogP contribution < -0.4 is 33.8 Å². The average molecular weight is 611 g/mol. The number of methoxy groups -OCH3 is 2. The van der Waals surface area contributed by atoms with Crippen LogP contribution in [-0.4, -0.2) is 57.2 Å². The number of allylic oxidation sites excluding steroid dienone is 1. The third kappa shape index (κ3) is 6.75. The van der Waals surface area contributed by atoms with E-state index < -0.39 is 18.0 Å². The number of hydrogen-bond donors (Lipinski definition) is 0. The molecule has 0 spiro atoms. The number of rotatable bonds is 12. The topological polar surface area (TPSA) is 124 Å². The third-order valence-corrected chi connectivity index (χ3v) is 7.44. The van der Waals surface area contributed by atoms with Crippen molar-refractivity contribution in [3.8, 4) is 23.0 Å². The number of benzene rings is 2. The molecular weight excluding hydrogens is 576 g/mol. The van der Waals surface area contributed by atoms with Crippen LogP contribution in [0.3, 0.4) is 0 Å². The second-order valence-corrected chi connectivity index (χ2v) is 10.2. The highest BCUT2D eigenvalue weighted by molar-refractivity contribution is 7.07. The lowest BCUT2D eigenvalue weighted by molar-refractivity contribution is -0.143. The second kappa shape index (κ2) is 14.1. The van der Waals surface area contributed by atoms with Crippen LogP contribution in [0, 0.1) is 0 Å². The van der Waals surface area contributed by atoms with Crippen LogP contribution in [0.25, 0.3) is 6.08 Å². The van der Waals surface area contributed by atoms with Crippen LogP contribution in [0.2, 0.25) is 0 Å².